The van der Waals surface area contributed by atoms with Crippen LogP contribution in [-0.4, -0.2) is 14.1 Å². The second-order valence-electron chi connectivity index (χ2n) is 14.5. The van der Waals surface area contributed by atoms with E-state index >= 15 is 0 Å². The van der Waals surface area contributed by atoms with Crippen molar-refractivity contribution in [2.75, 3.05) is 0 Å². The van der Waals surface area contributed by atoms with E-state index in [2.05, 4.69) is 211 Å². The van der Waals surface area contributed by atoms with Crippen molar-refractivity contribution in [3.63, 3.8) is 0 Å². The highest BCUT2D eigenvalue weighted by molar-refractivity contribution is 6.11. The van der Waals surface area contributed by atoms with Gasteiger partial charge in [0, 0.05) is 49.9 Å². The minimum atomic E-state index is 0.952. The second kappa shape index (κ2) is 14.3. The molecular formula is C54H39N3. The molecule has 57 heavy (non-hydrogen) atoms. The summed E-state index contributed by atoms with van der Waals surface area (Å²) in [6.07, 6.45) is 4.29. The summed E-state index contributed by atoms with van der Waals surface area (Å²) in [6.45, 7) is 6.52. The van der Waals surface area contributed by atoms with Gasteiger partial charge in [-0.1, -0.05) is 146 Å². The third kappa shape index (κ3) is 6.07. The molecule has 3 heteroatoms. The van der Waals surface area contributed by atoms with Crippen LogP contribution in [0.4, 0.5) is 0 Å². The molecule has 0 saturated carbocycles. The van der Waals surface area contributed by atoms with Crippen LogP contribution in [0.5, 0.6) is 0 Å². The normalized spacial score (nSPS) is 11.8. The lowest BCUT2D eigenvalue weighted by Crippen LogP contribution is -1.96. The quantitative estimate of drug-likeness (QED) is 0.143. The van der Waals surface area contributed by atoms with E-state index in [0.717, 1.165) is 67.2 Å². The van der Waals surface area contributed by atoms with Crippen LogP contribution in [0.3, 0.4) is 0 Å². The third-order valence-corrected chi connectivity index (χ3v) is 11.1. The fourth-order valence-corrected chi connectivity index (χ4v) is 8.37. The molecule has 3 aromatic heterocycles. The monoisotopic (exact) mass is 729 g/mol. The average Bonchev–Trinajstić information content (AvgIpc) is 3.76. The summed E-state index contributed by atoms with van der Waals surface area (Å²) < 4.78 is 4.74. The van der Waals surface area contributed by atoms with Crippen LogP contribution in [0.25, 0.3) is 89.4 Å². The molecule has 270 valence electrons. The Morgan fingerprint density at radius 3 is 1.67 bits per heavy atom. The number of para-hydroxylation sites is 3. The Balaban J connectivity index is 1.10. The molecule has 7 aromatic carbocycles. The van der Waals surface area contributed by atoms with Crippen LogP contribution in [0.1, 0.15) is 16.8 Å². The number of allylic oxidation sites excluding steroid dienone is 2. The standard InChI is InChI=1S/C54H39N3/c1-3-38(33-48-37(2)56(44-23-11-6-12-24-44)52-28-15-13-26-46(48)52)42-30-31-54-49(34-42)47-27-14-16-29-53(47)57(54)45-25-17-22-41(32-45)43-35-50(39-18-7-4-8-19-39)55-51(36-43)40-20-9-5-10-21-40/h3-36H,1H2,2H3/b38-33+. The van der Waals surface area contributed by atoms with E-state index in [1.54, 1.807) is 0 Å². The van der Waals surface area contributed by atoms with Crippen LogP contribution in [-0.2, 0) is 0 Å². The van der Waals surface area contributed by atoms with Gasteiger partial charge in [-0.3, -0.25) is 0 Å². The third-order valence-electron chi connectivity index (χ3n) is 11.1. The van der Waals surface area contributed by atoms with Gasteiger partial charge >= 0.3 is 0 Å². The molecule has 0 radical (unpaired) electrons. The van der Waals surface area contributed by atoms with Gasteiger partial charge < -0.3 is 9.13 Å². The molecule has 0 aliphatic rings. The predicted molar refractivity (Wildman–Crippen MR) is 241 cm³/mol. The number of hydrogen-bond acceptors (Lipinski definition) is 1. The highest BCUT2D eigenvalue weighted by Gasteiger charge is 2.17. The molecule has 0 fully saturated rings. The van der Waals surface area contributed by atoms with Gasteiger partial charge in [-0.2, -0.15) is 0 Å². The highest BCUT2D eigenvalue weighted by Crippen LogP contribution is 2.38. The summed E-state index contributed by atoms with van der Waals surface area (Å²) in [7, 11) is 0. The Bertz CT molecular complexity index is 3070. The molecular weight excluding hydrogens is 691 g/mol. The minimum Gasteiger partial charge on any atom is -0.313 e. The van der Waals surface area contributed by atoms with E-state index < -0.39 is 0 Å². The van der Waals surface area contributed by atoms with Crippen molar-refractivity contribution >= 4 is 44.4 Å². The summed E-state index contributed by atoms with van der Waals surface area (Å²) >= 11 is 0. The lowest BCUT2D eigenvalue weighted by atomic mass is 9.99. The zero-order valence-electron chi connectivity index (χ0n) is 31.7. The van der Waals surface area contributed by atoms with E-state index in [1.807, 2.05) is 18.2 Å². The van der Waals surface area contributed by atoms with Gasteiger partial charge in [0.05, 0.1) is 27.9 Å². The van der Waals surface area contributed by atoms with E-state index in [9.17, 15) is 0 Å². The first kappa shape index (κ1) is 34.0. The fraction of sp³-hybridized carbons (Fsp3) is 0.0185. The smallest absolute Gasteiger partial charge is 0.0715 e. The van der Waals surface area contributed by atoms with Crippen molar-refractivity contribution in [1.82, 2.24) is 14.1 Å². The van der Waals surface area contributed by atoms with Crippen molar-refractivity contribution < 1.29 is 0 Å². The van der Waals surface area contributed by atoms with E-state index in [-0.39, 0.29) is 0 Å². The SMILES string of the molecule is C=C/C(=C\c1c(C)n(-c2ccccc2)c2ccccc12)c1ccc2c(c1)c1ccccc1n2-c1cccc(-c2cc(-c3ccccc3)nc(-c3ccccc3)c2)c1. The predicted octanol–water partition coefficient (Wildman–Crippen LogP) is 14.2. The van der Waals surface area contributed by atoms with Crippen LogP contribution in [0.2, 0.25) is 0 Å². The van der Waals surface area contributed by atoms with Crippen molar-refractivity contribution in [3.8, 4) is 45.0 Å². The summed E-state index contributed by atoms with van der Waals surface area (Å²) in [5.74, 6) is 0. The maximum atomic E-state index is 5.13. The zero-order valence-corrected chi connectivity index (χ0v) is 31.7. The molecule has 0 aliphatic carbocycles. The number of nitrogens with zero attached hydrogens (tertiary/aromatic N) is 3. The molecule has 10 aromatic rings. The maximum Gasteiger partial charge on any atom is 0.0715 e. The number of pyridine rings is 1. The van der Waals surface area contributed by atoms with Crippen molar-refractivity contribution in [3.05, 3.63) is 224 Å². The Kier molecular flexibility index (Phi) is 8.54. The first-order valence-electron chi connectivity index (χ1n) is 19.4. The summed E-state index contributed by atoms with van der Waals surface area (Å²) in [5, 5.41) is 3.63. The first-order valence-corrected chi connectivity index (χ1v) is 19.4. The number of benzene rings is 7. The molecule has 3 heterocycles. The highest BCUT2D eigenvalue weighted by atomic mass is 15.0. The number of fused-ring (bicyclic) bond motifs is 4. The van der Waals surface area contributed by atoms with Gasteiger partial charge in [0.15, 0.2) is 0 Å². The molecule has 0 aliphatic heterocycles. The van der Waals surface area contributed by atoms with Gasteiger partial charge in [0.25, 0.3) is 0 Å². The van der Waals surface area contributed by atoms with Crippen molar-refractivity contribution in [2.45, 2.75) is 6.92 Å². The van der Waals surface area contributed by atoms with Gasteiger partial charge in [-0.05, 0) is 95.9 Å². The van der Waals surface area contributed by atoms with Crippen LogP contribution in [0.15, 0.2) is 207 Å². The molecule has 10 rings (SSSR count). The van der Waals surface area contributed by atoms with Gasteiger partial charge in [0.2, 0.25) is 0 Å². The molecule has 0 N–H and O–H groups in total. The molecule has 3 nitrogen and oxygen atoms in total. The summed E-state index contributed by atoms with van der Waals surface area (Å²) in [5.41, 5.74) is 16.7. The van der Waals surface area contributed by atoms with Gasteiger partial charge in [-0.25, -0.2) is 4.98 Å². The van der Waals surface area contributed by atoms with E-state index in [0.29, 0.717) is 0 Å². The molecule has 0 unspecified atom stereocenters. The van der Waals surface area contributed by atoms with Gasteiger partial charge in [-0.15, -0.1) is 0 Å². The lowest BCUT2D eigenvalue weighted by molar-refractivity contribution is 1.05. The van der Waals surface area contributed by atoms with Crippen LogP contribution in [0, 0.1) is 6.92 Å². The Morgan fingerprint density at radius 1 is 0.456 bits per heavy atom. The largest absolute Gasteiger partial charge is 0.313 e. The van der Waals surface area contributed by atoms with E-state index in [1.165, 1.54) is 32.9 Å². The van der Waals surface area contributed by atoms with Crippen LogP contribution < -0.4 is 0 Å². The zero-order chi connectivity index (χ0) is 38.3. The molecule has 0 atom stereocenters. The van der Waals surface area contributed by atoms with Gasteiger partial charge in [0.1, 0.15) is 0 Å². The number of rotatable bonds is 8. The molecule has 0 bridgehead atoms. The maximum absolute atomic E-state index is 5.13. The Labute approximate surface area is 332 Å². The van der Waals surface area contributed by atoms with E-state index in [4.69, 9.17) is 4.98 Å². The Hall–Kier alpha value is -7.49. The first-order chi connectivity index (χ1) is 28.1. The average molecular weight is 730 g/mol. The van der Waals surface area contributed by atoms with Crippen LogP contribution >= 0.6 is 0 Å². The minimum absolute atomic E-state index is 0.952. The topological polar surface area (TPSA) is 22.8 Å². The lowest BCUT2D eigenvalue weighted by Gasteiger charge is -2.13. The summed E-state index contributed by atoms with van der Waals surface area (Å²) in [4.78, 5) is 5.13. The number of hydrogen-bond donors (Lipinski definition) is 0. The fourth-order valence-electron chi connectivity index (χ4n) is 8.37. The Morgan fingerprint density at radius 2 is 1.00 bits per heavy atom. The number of aromatic nitrogens is 3. The molecule has 0 saturated heterocycles. The molecule has 0 amide bonds. The summed E-state index contributed by atoms with van der Waals surface area (Å²) in [6, 6.07) is 69.0. The molecule has 0 spiro atoms. The van der Waals surface area contributed by atoms with Crippen molar-refractivity contribution in [2.24, 2.45) is 0 Å². The van der Waals surface area contributed by atoms with Crippen molar-refractivity contribution in [1.29, 1.82) is 0 Å². The second-order valence-corrected chi connectivity index (χ2v) is 14.5.